The van der Waals surface area contributed by atoms with Gasteiger partial charge in [0.05, 0.1) is 25.9 Å². The fraction of sp³-hybridized carbons (Fsp3) is 0.636. The van der Waals surface area contributed by atoms with Crippen molar-refractivity contribution in [2.75, 3.05) is 37.5 Å². The van der Waals surface area contributed by atoms with Crippen molar-refractivity contribution < 1.29 is 14.3 Å². The van der Waals surface area contributed by atoms with Gasteiger partial charge in [-0.15, -0.1) is 0 Å². The predicted octanol–water partition coefficient (Wildman–Crippen LogP) is 1.13. The number of nitrogens with two attached hydrogens (primary N) is 1. The highest BCUT2D eigenvalue weighted by molar-refractivity contribution is 7.11. The predicted molar refractivity (Wildman–Crippen MR) is 70.1 cm³/mol. The lowest BCUT2D eigenvalue weighted by Gasteiger charge is -2.42. The van der Waals surface area contributed by atoms with Crippen LogP contribution in [0.2, 0.25) is 0 Å². The average molecular weight is 271 g/mol. The van der Waals surface area contributed by atoms with Crippen LogP contribution in [0.25, 0.3) is 0 Å². The largest absolute Gasteiger partial charge is 0.465 e. The number of morpholine rings is 1. The van der Waals surface area contributed by atoms with Gasteiger partial charge in [-0.3, -0.25) is 0 Å². The Morgan fingerprint density at radius 1 is 1.61 bits per heavy atom. The van der Waals surface area contributed by atoms with Gasteiger partial charge in [-0.1, -0.05) is 0 Å². The lowest BCUT2D eigenvalue weighted by atomic mass is 10.0. The van der Waals surface area contributed by atoms with Gasteiger partial charge in [0, 0.05) is 6.54 Å². The molecule has 1 aromatic rings. The molecule has 1 fully saturated rings. The molecule has 0 bridgehead atoms. The number of rotatable bonds is 2. The van der Waals surface area contributed by atoms with Crippen LogP contribution in [-0.4, -0.2) is 42.8 Å². The van der Waals surface area contributed by atoms with Gasteiger partial charge in [-0.05, 0) is 25.4 Å². The Hall–Kier alpha value is -1.34. The molecule has 7 heteroatoms. The van der Waals surface area contributed by atoms with E-state index in [1.165, 1.54) is 18.6 Å². The fourth-order valence-corrected chi connectivity index (χ4v) is 3.00. The number of esters is 1. The molecule has 0 unspecified atom stereocenters. The van der Waals surface area contributed by atoms with Gasteiger partial charge in [-0.2, -0.15) is 4.37 Å². The number of anilines is 2. The maximum Gasteiger partial charge on any atom is 0.344 e. The molecule has 0 radical (unpaired) electrons. The lowest BCUT2D eigenvalue weighted by molar-refractivity contribution is 0.0588. The van der Waals surface area contributed by atoms with E-state index >= 15 is 0 Å². The van der Waals surface area contributed by atoms with Crippen LogP contribution in [0.5, 0.6) is 0 Å². The zero-order valence-corrected chi connectivity index (χ0v) is 11.5. The van der Waals surface area contributed by atoms with Gasteiger partial charge >= 0.3 is 5.97 Å². The molecule has 1 aliphatic heterocycles. The van der Waals surface area contributed by atoms with Crippen LogP contribution < -0.4 is 10.6 Å². The number of nitrogens with zero attached hydrogens (tertiary/aromatic N) is 2. The van der Waals surface area contributed by atoms with Crippen molar-refractivity contribution in [3.63, 3.8) is 0 Å². The zero-order valence-electron chi connectivity index (χ0n) is 10.7. The van der Waals surface area contributed by atoms with Crippen molar-refractivity contribution in [1.82, 2.24) is 4.37 Å². The third kappa shape index (κ3) is 2.15. The standard InChI is InChI=1S/C11H17N3O3S/c1-11(2)6-17-5-4-14(11)9-7(10(15)16-3)8(12)13-18-9/h4-6H2,1-3H3,(H2,12,13). The summed E-state index contributed by atoms with van der Waals surface area (Å²) in [4.78, 5) is 13.9. The van der Waals surface area contributed by atoms with E-state index in [1.54, 1.807) is 0 Å². The van der Waals surface area contributed by atoms with Gasteiger partial charge in [0.25, 0.3) is 0 Å². The second-order valence-corrected chi connectivity index (χ2v) is 5.51. The Morgan fingerprint density at radius 3 is 2.94 bits per heavy atom. The van der Waals surface area contributed by atoms with E-state index in [0.717, 1.165) is 5.00 Å². The van der Waals surface area contributed by atoms with Crippen molar-refractivity contribution in [2.45, 2.75) is 19.4 Å². The molecule has 1 aromatic heterocycles. The number of methoxy groups -OCH3 is 1. The number of nitrogen functional groups attached to an aromatic ring is 1. The Labute approximate surface area is 110 Å². The van der Waals surface area contributed by atoms with Crippen LogP contribution in [0, 0.1) is 0 Å². The number of aromatic nitrogens is 1. The molecule has 100 valence electrons. The first-order valence-corrected chi connectivity index (χ1v) is 6.43. The first kappa shape index (κ1) is 13.1. The van der Waals surface area contributed by atoms with Crippen LogP contribution in [0.1, 0.15) is 24.2 Å². The van der Waals surface area contributed by atoms with E-state index < -0.39 is 5.97 Å². The summed E-state index contributed by atoms with van der Waals surface area (Å²) in [5.41, 5.74) is 5.92. The van der Waals surface area contributed by atoms with E-state index in [9.17, 15) is 4.79 Å². The Bertz CT molecular complexity index is 458. The monoisotopic (exact) mass is 271 g/mol. The van der Waals surface area contributed by atoms with Crippen molar-refractivity contribution >= 4 is 28.3 Å². The van der Waals surface area contributed by atoms with Crippen LogP contribution in [0.3, 0.4) is 0 Å². The van der Waals surface area contributed by atoms with Gasteiger partial charge < -0.3 is 20.1 Å². The van der Waals surface area contributed by atoms with Crippen molar-refractivity contribution in [3.8, 4) is 0 Å². The van der Waals surface area contributed by atoms with Crippen LogP contribution in [-0.2, 0) is 9.47 Å². The molecule has 0 amide bonds. The van der Waals surface area contributed by atoms with Gasteiger partial charge in [-0.25, -0.2) is 4.79 Å². The van der Waals surface area contributed by atoms with E-state index in [-0.39, 0.29) is 11.4 Å². The van der Waals surface area contributed by atoms with Crippen LogP contribution in [0.15, 0.2) is 0 Å². The maximum absolute atomic E-state index is 11.8. The third-order valence-corrected chi connectivity index (χ3v) is 3.87. The Morgan fingerprint density at radius 2 is 2.33 bits per heavy atom. The molecular formula is C11H17N3O3S. The molecule has 0 atom stereocenters. The molecule has 0 saturated carbocycles. The summed E-state index contributed by atoms with van der Waals surface area (Å²) in [5.74, 6) is -0.220. The summed E-state index contributed by atoms with van der Waals surface area (Å²) < 4.78 is 14.3. The molecule has 18 heavy (non-hydrogen) atoms. The second-order valence-electron chi connectivity index (χ2n) is 4.76. The highest BCUT2D eigenvalue weighted by atomic mass is 32.1. The van der Waals surface area contributed by atoms with Crippen LogP contribution in [0.4, 0.5) is 10.8 Å². The van der Waals surface area contributed by atoms with E-state index in [2.05, 4.69) is 23.1 Å². The van der Waals surface area contributed by atoms with Gasteiger partial charge in [0.1, 0.15) is 10.6 Å². The number of carbonyl (C=O) groups is 1. The highest BCUT2D eigenvalue weighted by Crippen LogP contribution is 2.36. The number of hydrogen-bond acceptors (Lipinski definition) is 7. The topological polar surface area (TPSA) is 77.7 Å². The van der Waals surface area contributed by atoms with E-state index in [1.807, 2.05) is 0 Å². The minimum absolute atomic E-state index is 0.194. The molecule has 6 nitrogen and oxygen atoms in total. The molecule has 2 N–H and O–H groups in total. The van der Waals surface area contributed by atoms with Crippen LogP contribution >= 0.6 is 11.5 Å². The molecule has 1 saturated heterocycles. The minimum atomic E-state index is -0.446. The Kier molecular flexibility index (Phi) is 3.45. The van der Waals surface area contributed by atoms with E-state index in [0.29, 0.717) is 25.3 Å². The van der Waals surface area contributed by atoms with E-state index in [4.69, 9.17) is 15.2 Å². The highest BCUT2D eigenvalue weighted by Gasteiger charge is 2.35. The molecule has 1 aliphatic rings. The number of hydrogen-bond donors (Lipinski definition) is 1. The summed E-state index contributed by atoms with van der Waals surface area (Å²) in [5, 5.41) is 0.757. The maximum atomic E-state index is 11.8. The first-order valence-electron chi connectivity index (χ1n) is 5.66. The normalized spacial score (nSPS) is 18.7. The smallest absolute Gasteiger partial charge is 0.344 e. The molecular weight excluding hydrogens is 254 g/mol. The average Bonchev–Trinajstić information content (AvgIpc) is 2.69. The second kappa shape index (κ2) is 4.74. The van der Waals surface area contributed by atoms with Crippen molar-refractivity contribution in [2.24, 2.45) is 0 Å². The summed E-state index contributed by atoms with van der Waals surface area (Å²) >= 11 is 1.22. The summed E-state index contributed by atoms with van der Waals surface area (Å²) in [6.45, 7) is 6.05. The molecule has 0 spiro atoms. The molecule has 0 aromatic carbocycles. The van der Waals surface area contributed by atoms with Crippen molar-refractivity contribution in [1.29, 1.82) is 0 Å². The molecule has 0 aliphatic carbocycles. The zero-order chi connectivity index (χ0) is 13.3. The summed E-state index contributed by atoms with van der Waals surface area (Å²) in [7, 11) is 1.34. The third-order valence-electron chi connectivity index (χ3n) is 2.98. The van der Waals surface area contributed by atoms with Gasteiger partial charge in [0.2, 0.25) is 0 Å². The summed E-state index contributed by atoms with van der Waals surface area (Å²) in [6.07, 6.45) is 0. The lowest BCUT2D eigenvalue weighted by Crippen LogP contribution is -2.53. The Balaban J connectivity index is 2.41. The number of carbonyl (C=O) groups excluding carboxylic acids is 1. The number of ether oxygens (including phenoxy) is 2. The minimum Gasteiger partial charge on any atom is -0.465 e. The molecule has 2 heterocycles. The SMILES string of the molecule is COC(=O)c1c(N)nsc1N1CCOCC1(C)C. The molecule has 2 rings (SSSR count). The quantitative estimate of drug-likeness (QED) is 0.812. The summed E-state index contributed by atoms with van der Waals surface area (Å²) in [6, 6.07) is 0. The van der Waals surface area contributed by atoms with Crippen molar-refractivity contribution in [3.05, 3.63) is 5.56 Å². The van der Waals surface area contributed by atoms with Gasteiger partial charge in [0.15, 0.2) is 5.82 Å². The fourth-order valence-electron chi connectivity index (χ4n) is 2.01. The first-order chi connectivity index (χ1) is 8.47.